The molecule has 8 heteroatoms. The third-order valence-electron chi connectivity index (χ3n) is 3.87. The minimum atomic E-state index is 0. The molecule has 2 N–H and O–H groups in total. The van der Waals surface area contributed by atoms with E-state index in [1.54, 1.807) is 13.4 Å². The average molecular weight is 457 g/mol. The average Bonchev–Trinajstić information content (AvgIpc) is 2.99. The van der Waals surface area contributed by atoms with Crippen LogP contribution in [0.1, 0.15) is 18.3 Å². The van der Waals surface area contributed by atoms with E-state index in [0.717, 1.165) is 31.4 Å². The second-order valence-corrected chi connectivity index (χ2v) is 5.63. The van der Waals surface area contributed by atoms with Crippen LogP contribution in [0.5, 0.6) is 0 Å². The Morgan fingerprint density at radius 1 is 1.32 bits per heavy atom. The number of benzene rings is 1. The fourth-order valence-corrected chi connectivity index (χ4v) is 2.45. The first-order valence-electron chi connectivity index (χ1n) is 8.23. The Kier molecular flexibility index (Phi) is 9.25. The highest BCUT2D eigenvalue weighted by Crippen LogP contribution is 2.14. The summed E-state index contributed by atoms with van der Waals surface area (Å²) in [6.45, 7) is 7.56. The van der Waals surface area contributed by atoms with Gasteiger partial charge < -0.3 is 20.1 Å². The van der Waals surface area contributed by atoms with E-state index in [0.29, 0.717) is 6.54 Å². The molecule has 0 atom stereocenters. The number of aliphatic imine (C=N–C) groups is 1. The Morgan fingerprint density at radius 2 is 2.12 bits per heavy atom. The van der Waals surface area contributed by atoms with E-state index in [1.807, 2.05) is 11.6 Å². The van der Waals surface area contributed by atoms with Crippen LogP contribution in [0.15, 0.2) is 35.6 Å². The van der Waals surface area contributed by atoms with Crippen LogP contribution in [0, 0.1) is 6.92 Å². The SMILES string of the molecule is CCN(CCNC(=NC)NCc1nncn1C)c1cccc(C)c1.I. The predicted molar refractivity (Wildman–Crippen MR) is 114 cm³/mol. The number of nitrogens with one attached hydrogen (secondary N) is 2. The molecule has 0 aliphatic rings. The summed E-state index contributed by atoms with van der Waals surface area (Å²) >= 11 is 0. The molecule has 0 aliphatic heterocycles. The van der Waals surface area contributed by atoms with E-state index in [-0.39, 0.29) is 24.0 Å². The Balaban J connectivity index is 0.00000312. The monoisotopic (exact) mass is 457 g/mol. The van der Waals surface area contributed by atoms with Crippen molar-refractivity contribution in [1.29, 1.82) is 0 Å². The van der Waals surface area contributed by atoms with Gasteiger partial charge in [0.15, 0.2) is 11.8 Å². The highest BCUT2D eigenvalue weighted by molar-refractivity contribution is 14.0. The van der Waals surface area contributed by atoms with Gasteiger partial charge in [0.05, 0.1) is 6.54 Å². The smallest absolute Gasteiger partial charge is 0.191 e. The van der Waals surface area contributed by atoms with Crippen LogP contribution in [0.25, 0.3) is 0 Å². The summed E-state index contributed by atoms with van der Waals surface area (Å²) in [6.07, 6.45) is 1.69. The number of hydrogen-bond donors (Lipinski definition) is 2. The van der Waals surface area contributed by atoms with Gasteiger partial charge in [-0.05, 0) is 31.5 Å². The summed E-state index contributed by atoms with van der Waals surface area (Å²) in [5.74, 6) is 1.63. The summed E-state index contributed by atoms with van der Waals surface area (Å²) in [5.41, 5.74) is 2.53. The van der Waals surface area contributed by atoms with Gasteiger partial charge in [0.1, 0.15) is 6.33 Å². The van der Waals surface area contributed by atoms with Crippen LogP contribution < -0.4 is 15.5 Å². The Morgan fingerprint density at radius 3 is 2.72 bits per heavy atom. The van der Waals surface area contributed by atoms with Crippen molar-refractivity contribution < 1.29 is 0 Å². The van der Waals surface area contributed by atoms with Gasteiger partial charge in [0, 0.05) is 39.4 Å². The lowest BCUT2D eigenvalue weighted by molar-refractivity contribution is 0.714. The van der Waals surface area contributed by atoms with Crippen molar-refractivity contribution >= 4 is 35.6 Å². The molecule has 1 heterocycles. The lowest BCUT2D eigenvalue weighted by Gasteiger charge is -2.24. The fraction of sp³-hybridized carbons (Fsp3) is 0.471. The van der Waals surface area contributed by atoms with Gasteiger partial charge in [0.2, 0.25) is 0 Å². The van der Waals surface area contributed by atoms with Crippen molar-refractivity contribution in [1.82, 2.24) is 25.4 Å². The largest absolute Gasteiger partial charge is 0.370 e. The molecule has 0 saturated carbocycles. The summed E-state index contributed by atoms with van der Waals surface area (Å²) in [4.78, 5) is 6.59. The third kappa shape index (κ3) is 6.52. The predicted octanol–water partition coefficient (Wildman–Crippen LogP) is 1.93. The number of anilines is 1. The minimum absolute atomic E-state index is 0. The van der Waals surface area contributed by atoms with Crippen LogP contribution in [-0.4, -0.2) is 47.4 Å². The molecule has 0 fully saturated rings. The summed E-state index contributed by atoms with van der Waals surface area (Å²) < 4.78 is 1.89. The van der Waals surface area contributed by atoms with E-state index in [2.05, 4.69) is 68.8 Å². The van der Waals surface area contributed by atoms with Crippen molar-refractivity contribution in [3.63, 3.8) is 0 Å². The first-order valence-corrected chi connectivity index (χ1v) is 8.23. The Bertz CT molecular complexity index is 669. The third-order valence-corrected chi connectivity index (χ3v) is 3.87. The molecule has 25 heavy (non-hydrogen) atoms. The molecule has 1 aromatic heterocycles. The standard InChI is InChI=1S/C17H27N7.HI/c1-5-24(15-8-6-7-14(2)11-15)10-9-19-17(18-3)20-12-16-22-21-13-23(16)4;/h6-8,11,13H,5,9-10,12H2,1-4H3,(H2,18,19,20);1H. The second-order valence-electron chi connectivity index (χ2n) is 5.63. The molecule has 0 unspecified atom stereocenters. The molecule has 0 amide bonds. The zero-order valence-corrected chi connectivity index (χ0v) is 17.7. The van der Waals surface area contributed by atoms with Crippen molar-refractivity contribution in [2.24, 2.45) is 12.0 Å². The van der Waals surface area contributed by atoms with Crippen LogP contribution in [0.4, 0.5) is 5.69 Å². The maximum atomic E-state index is 4.25. The normalized spacial score (nSPS) is 11.0. The van der Waals surface area contributed by atoms with Gasteiger partial charge in [-0.15, -0.1) is 34.2 Å². The molecule has 2 aromatic rings. The molecule has 0 bridgehead atoms. The zero-order valence-electron chi connectivity index (χ0n) is 15.4. The van der Waals surface area contributed by atoms with Crippen LogP contribution in [0.2, 0.25) is 0 Å². The van der Waals surface area contributed by atoms with Crippen LogP contribution in [0.3, 0.4) is 0 Å². The van der Waals surface area contributed by atoms with Crippen molar-refractivity contribution in [2.45, 2.75) is 20.4 Å². The van der Waals surface area contributed by atoms with Crippen molar-refractivity contribution in [3.8, 4) is 0 Å². The lowest BCUT2D eigenvalue weighted by atomic mass is 10.2. The number of hydrogen-bond acceptors (Lipinski definition) is 4. The molecule has 0 spiro atoms. The second kappa shape index (κ2) is 10.9. The number of guanidine groups is 1. The zero-order chi connectivity index (χ0) is 17.4. The number of aromatic nitrogens is 3. The van der Waals surface area contributed by atoms with Crippen LogP contribution in [-0.2, 0) is 13.6 Å². The molecule has 1 aromatic carbocycles. The van der Waals surface area contributed by atoms with Gasteiger partial charge in [-0.1, -0.05) is 12.1 Å². The topological polar surface area (TPSA) is 70.4 Å². The summed E-state index contributed by atoms with van der Waals surface area (Å²) in [6, 6.07) is 8.58. The number of nitrogens with zero attached hydrogens (tertiary/aromatic N) is 5. The quantitative estimate of drug-likeness (QED) is 0.378. The van der Waals surface area contributed by atoms with Gasteiger partial charge in [-0.3, -0.25) is 4.99 Å². The highest BCUT2D eigenvalue weighted by atomic mass is 127. The number of halogens is 1. The Labute approximate surface area is 166 Å². The lowest BCUT2D eigenvalue weighted by Crippen LogP contribution is -2.41. The first-order chi connectivity index (χ1) is 11.6. The molecular weight excluding hydrogens is 429 g/mol. The van der Waals surface area contributed by atoms with Crippen molar-refractivity contribution in [2.75, 3.05) is 31.6 Å². The van der Waals surface area contributed by atoms with Gasteiger partial charge in [-0.25, -0.2) is 0 Å². The summed E-state index contributed by atoms with van der Waals surface area (Å²) in [5, 5.41) is 14.5. The van der Waals surface area contributed by atoms with Crippen LogP contribution >= 0.6 is 24.0 Å². The molecule has 7 nitrogen and oxygen atoms in total. The van der Waals surface area contributed by atoms with Gasteiger partial charge >= 0.3 is 0 Å². The Hall–Kier alpha value is -1.84. The fourth-order valence-electron chi connectivity index (χ4n) is 2.45. The van der Waals surface area contributed by atoms with Gasteiger partial charge in [0.25, 0.3) is 0 Å². The number of likely N-dealkylation sites (N-methyl/N-ethyl adjacent to an activating group) is 1. The van der Waals surface area contributed by atoms with E-state index in [9.17, 15) is 0 Å². The molecule has 0 aliphatic carbocycles. The summed E-state index contributed by atoms with van der Waals surface area (Å²) in [7, 11) is 3.69. The molecule has 0 radical (unpaired) electrons. The number of aryl methyl sites for hydroxylation is 2. The number of rotatable bonds is 7. The molecular formula is C17H28IN7. The van der Waals surface area contributed by atoms with Crippen molar-refractivity contribution in [3.05, 3.63) is 42.0 Å². The maximum absolute atomic E-state index is 4.25. The first kappa shape index (κ1) is 21.2. The van der Waals surface area contributed by atoms with E-state index >= 15 is 0 Å². The van der Waals surface area contributed by atoms with Gasteiger partial charge in [-0.2, -0.15) is 0 Å². The maximum Gasteiger partial charge on any atom is 0.191 e. The van der Waals surface area contributed by atoms with E-state index in [1.165, 1.54) is 11.3 Å². The molecule has 138 valence electrons. The molecule has 2 rings (SSSR count). The molecule has 0 saturated heterocycles. The van der Waals surface area contributed by atoms with E-state index in [4.69, 9.17) is 0 Å². The minimum Gasteiger partial charge on any atom is -0.370 e. The highest BCUT2D eigenvalue weighted by Gasteiger charge is 2.06. The van der Waals surface area contributed by atoms with E-state index < -0.39 is 0 Å².